The number of aromatic nitrogens is 4. The number of hydrogen-bond acceptors (Lipinski definition) is 9. The summed E-state index contributed by atoms with van der Waals surface area (Å²) in [5.74, 6) is 6.22. The lowest BCUT2D eigenvalue weighted by atomic mass is 10.2. The third kappa shape index (κ3) is 8.02. The molecule has 0 radical (unpaired) electrons. The van der Waals surface area contributed by atoms with E-state index < -0.39 is 4.92 Å². The van der Waals surface area contributed by atoms with Crippen molar-refractivity contribution >= 4 is 104 Å². The van der Waals surface area contributed by atoms with Crippen LogP contribution in [0.15, 0.2) is 85.5 Å². The summed E-state index contributed by atoms with van der Waals surface area (Å²) in [6, 6.07) is 21.0. The van der Waals surface area contributed by atoms with Crippen molar-refractivity contribution in [1.82, 2.24) is 19.9 Å². The number of benzene rings is 4. The van der Waals surface area contributed by atoms with E-state index in [1.807, 2.05) is 30.3 Å². The van der Waals surface area contributed by atoms with E-state index in [4.69, 9.17) is 41.8 Å². The lowest BCUT2D eigenvalue weighted by Gasteiger charge is -2.09. The van der Waals surface area contributed by atoms with Crippen LogP contribution in [0.4, 0.5) is 34.4 Å². The molecule has 0 aliphatic rings. The van der Waals surface area contributed by atoms with Crippen LogP contribution >= 0.6 is 48.0 Å². The maximum absolute atomic E-state index is 11.1. The van der Waals surface area contributed by atoms with Crippen LogP contribution in [0, 0.1) is 34.8 Å². The molecule has 46 heavy (non-hydrogen) atoms. The largest absolute Gasteiger partial charge is 0.398 e. The molecule has 0 aliphatic carbocycles. The Labute approximate surface area is 285 Å². The molecule has 4 aromatic carbocycles. The molecule has 0 bridgehead atoms. The van der Waals surface area contributed by atoms with Gasteiger partial charge in [-0.3, -0.25) is 10.1 Å². The first kappa shape index (κ1) is 35.1. The highest BCUT2D eigenvalue weighted by Gasteiger charge is 2.16. The molecule has 10 nitrogen and oxygen atoms in total. The molecule has 6 aromatic rings. The summed E-state index contributed by atoms with van der Waals surface area (Å²) in [6.45, 7) is 0. The van der Waals surface area contributed by atoms with Crippen LogP contribution in [0.25, 0.3) is 21.8 Å². The summed E-state index contributed by atoms with van der Waals surface area (Å²) in [7, 11) is 0. The van der Waals surface area contributed by atoms with Gasteiger partial charge >= 0.3 is 0 Å². The van der Waals surface area contributed by atoms with Gasteiger partial charge in [0.1, 0.15) is 29.3 Å². The summed E-state index contributed by atoms with van der Waals surface area (Å²) in [5.41, 5.74) is 10.4. The van der Waals surface area contributed by atoms with E-state index in [1.54, 1.807) is 30.3 Å². The molecule has 0 aliphatic heterocycles. The molecule has 14 heteroatoms. The lowest BCUT2D eigenvalue weighted by Crippen LogP contribution is -1.98. The van der Waals surface area contributed by atoms with Crippen molar-refractivity contribution in [2.24, 2.45) is 0 Å². The van der Waals surface area contributed by atoms with Crippen molar-refractivity contribution in [3.63, 3.8) is 0 Å². The maximum atomic E-state index is 11.1. The first-order chi connectivity index (χ1) is 21.2. The van der Waals surface area contributed by atoms with Crippen LogP contribution in [-0.4, -0.2) is 24.9 Å². The number of hydrogen-bond donors (Lipinski definition) is 3. The van der Waals surface area contributed by atoms with E-state index in [0.717, 1.165) is 27.8 Å². The van der Waals surface area contributed by atoms with E-state index in [0.29, 0.717) is 38.8 Å². The summed E-state index contributed by atoms with van der Waals surface area (Å²) in [5, 5.41) is 19.2. The van der Waals surface area contributed by atoms with E-state index >= 15 is 0 Å². The predicted octanol–water partition coefficient (Wildman–Crippen LogP) is 8.35. The van der Waals surface area contributed by atoms with Gasteiger partial charge in [-0.25, -0.2) is 19.9 Å². The monoisotopic (exact) mass is 690 g/mol. The topological polar surface area (TPSA) is 145 Å². The van der Waals surface area contributed by atoms with Crippen molar-refractivity contribution in [3.8, 4) is 24.7 Å². The molecule has 0 saturated carbocycles. The molecule has 0 amide bonds. The van der Waals surface area contributed by atoms with Crippen LogP contribution in [0.5, 0.6) is 0 Å². The van der Waals surface area contributed by atoms with E-state index in [2.05, 4.69) is 42.4 Å². The van der Waals surface area contributed by atoms with Crippen molar-refractivity contribution in [2.75, 3.05) is 16.4 Å². The quantitative estimate of drug-likeness (QED) is 0.0703. The van der Waals surface area contributed by atoms with Gasteiger partial charge in [0.05, 0.1) is 26.7 Å². The Balaban J connectivity index is 0.000000241. The zero-order chi connectivity index (χ0) is 31.2. The van der Waals surface area contributed by atoms with Crippen molar-refractivity contribution in [1.29, 1.82) is 0 Å². The number of nitrogens with one attached hydrogen (secondary N) is 2. The normalized spacial score (nSPS) is 9.83. The van der Waals surface area contributed by atoms with Gasteiger partial charge in [0, 0.05) is 39.3 Å². The van der Waals surface area contributed by atoms with E-state index in [9.17, 15) is 10.1 Å². The lowest BCUT2D eigenvalue weighted by molar-refractivity contribution is -0.384. The zero-order valence-corrected chi connectivity index (χ0v) is 26.6. The molecular formula is C32H22Cl4N8O2. The minimum absolute atomic E-state index is 0. The number of nitro benzene ring substituents is 1. The third-order valence-corrected chi connectivity index (χ3v) is 6.87. The van der Waals surface area contributed by atoms with Crippen molar-refractivity contribution in [3.05, 3.63) is 117 Å². The smallest absolute Gasteiger partial charge is 0.288 e. The van der Waals surface area contributed by atoms with Gasteiger partial charge in [0.15, 0.2) is 0 Å². The first-order valence-corrected chi connectivity index (χ1v) is 13.5. The van der Waals surface area contributed by atoms with Gasteiger partial charge in [-0.15, -0.1) is 37.7 Å². The average molecular weight is 692 g/mol. The van der Waals surface area contributed by atoms with Gasteiger partial charge in [-0.05, 0) is 54.6 Å². The molecule has 2 aromatic heterocycles. The fourth-order valence-electron chi connectivity index (χ4n) is 4.15. The molecular weight excluding hydrogens is 670 g/mol. The van der Waals surface area contributed by atoms with Gasteiger partial charge in [0.25, 0.3) is 5.69 Å². The number of nitrogens with two attached hydrogens (primary N) is 1. The van der Waals surface area contributed by atoms with Crippen LogP contribution in [0.3, 0.4) is 0 Å². The highest BCUT2D eigenvalue weighted by atomic mass is 35.5. The molecule has 2 heterocycles. The average Bonchev–Trinajstić information content (AvgIpc) is 3.02. The second-order valence-electron chi connectivity index (χ2n) is 9.11. The Bertz CT molecular complexity index is 2150. The first-order valence-electron chi connectivity index (χ1n) is 12.7. The fourth-order valence-corrected chi connectivity index (χ4v) is 4.53. The summed E-state index contributed by atoms with van der Waals surface area (Å²) in [4.78, 5) is 27.2. The number of nitro groups is 1. The van der Waals surface area contributed by atoms with Gasteiger partial charge in [-0.2, -0.15) is 0 Å². The highest BCUT2D eigenvalue weighted by molar-refractivity contribution is 6.34. The third-order valence-electron chi connectivity index (χ3n) is 6.24. The second-order valence-corrected chi connectivity index (χ2v) is 9.93. The Morgan fingerprint density at radius 1 is 0.717 bits per heavy atom. The molecule has 230 valence electrons. The standard InChI is InChI=1S/C16H9ClN4O2.C16H11ClN4.2ClH/c1-2-10-4-3-5-11(6-10)20-16-12-7-15(21(22)23)13(17)8-14(12)18-9-19-16;1-2-10-4-3-5-11(6-10)21-16-12-7-14(18)13(17)8-15(12)19-9-20-16;;/h1,3-9H,(H,18,19,20);1,3-9H,18H2,(H,19,20,21);2*1H. The molecule has 0 saturated heterocycles. The van der Waals surface area contributed by atoms with E-state index in [-0.39, 0.29) is 35.5 Å². The van der Waals surface area contributed by atoms with Crippen LogP contribution < -0.4 is 16.4 Å². The summed E-state index contributed by atoms with van der Waals surface area (Å²) in [6.07, 6.45) is 13.6. The van der Waals surface area contributed by atoms with Gasteiger partial charge in [0.2, 0.25) is 0 Å². The minimum Gasteiger partial charge on any atom is -0.398 e. The number of terminal acetylenes is 2. The van der Waals surface area contributed by atoms with E-state index in [1.165, 1.54) is 24.8 Å². The maximum Gasteiger partial charge on any atom is 0.288 e. The predicted molar refractivity (Wildman–Crippen MR) is 190 cm³/mol. The number of rotatable bonds is 5. The summed E-state index contributed by atoms with van der Waals surface area (Å²) < 4.78 is 0. The zero-order valence-electron chi connectivity index (χ0n) is 23.4. The molecule has 0 fully saturated rings. The van der Waals surface area contributed by atoms with Crippen LogP contribution in [0.1, 0.15) is 11.1 Å². The number of fused-ring (bicyclic) bond motifs is 2. The highest BCUT2D eigenvalue weighted by Crippen LogP contribution is 2.33. The van der Waals surface area contributed by atoms with Crippen LogP contribution in [-0.2, 0) is 0 Å². The Kier molecular flexibility index (Phi) is 11.9. The Morgan fingerprint density at radius 3 is 1.67 bits per heavy atom. The fraction of sp³-hybridized carbons (Fsp3) is 0. The molecule has 0 atom stereocenters. The van der Waals surface area contributed by atoms with Crippen molar-refractivity contribution in [2.45, 2.75) is 0 Å². The Hall–Kier alpha value is -5.36. The SMILES string of the molecule is C#Cc1cccc(Nc2ncnc3cc(Cl)c(N)cc23)c1.C#Cc1cccc(Nc2ncnc3cc(Cl)c([N+](=O)[O-])cc23)c1.Cl.Cl. The minimum atomic E-state index is -0.544. The number of anilines is 5. The molecule has 4 N–H and O–H groups in total. The van der Waals surface area contributed by atoms with Crippen molar-refractivity contribution < 1.29 is 4.92 Å². The molecule has 0 unspecified atom stereocenters. The van der Waals surface area contributed by atoms with Gasteiger partial charge in [-0.1, -0.05) is 47.2 Å². The Morgan fingerprint density at radius 2 is 1.20 bits per heavy atom. The summed E-state index contributed by atoms with van der Waals surface area (Å²) >= 11 is 11.9. The second kappa shape index (κ2) is 15.6. The molecule has 0 spiro atoms. The number of halogens is 4. The number of nitrogen functional groups attached to an aromatic ring is 1. The van der Waals surface area contributed by atoms with Crippen LogP contribution in [0.2, 0.25) is 10.0 Å². The molecule has 6 rings (SSSR count). The van der Waals surface area contributed by atoms with Gasteiger partial charge < -0.3 is 16.4 Å². The number of nitrogens with zero attached hydrogens (tertiary/aromatic N) is 5.